The van der Waals surface area contributed by atoms with Crippen LogP contribution in [-0.2, 0) is 9.53 Å². The van der Waals surface area contributed by atoms with Crippen molar-refractivity contribution in [2.75, 3.05) is 24.5 Å². The number of amides is 1. The van der Waals surface area contributed by atoms with Gasteiger partial charge in [0, 0.05) is 48.6 Å². The fraction of sp³-hybridized carbons (Fsp3) is 0.478. The Morgan fingerprint density at radius 1 is 1.31 bits per heavy atom. The van der Waals surface area contributed by atoms with Gasteiger partial charge in [0.05, 0.1) is 5.69 Å². The number of hydrogen-bond donors (Lipinski definition) is 0. The normalized spacial score (nSPS) is 16.1. The molecule has 1 atom stereocenters. The minimum Gasteiger partial charge on any atom is -0.444 e. The number of likely N-dealkylation sites (N-methyl/N-ethyl adjacent to an activating group) is 1. The average molecular weight is 461 g/mol. The molecule has 3 rings (SSSR count). The van der Waals surface area contributed by atoms with E-state index in [2.05, 4.69) is 21.8 Å². The molecule has 9 heteroatoms. The van der Waals surface area contributed by atoms with Gasteiger partial charge in [0.1, 0.15) is 22.8 Å². The average Bonchev–Trinajstić information content (AvgIpc) is 3.20. The topological polar surface area (TPSA) is 84.9 Å². The third kappa shape index (κ3) is 5.48. The Morgan fingerprint density at radius 2 is 2.06 bits per heavy atom. The predicted octanol–water partition coefficient (Wildman–Crippen LogP) is 4.48. The summed E-state index contributed by atoms with van der Waals surface area (Å²) in [5.41, 5.74) is 2.59. The first-order valence-electron chi connectivity index (χ1n) is 10.6. The molecule has 1 aliphatic rings. The van der Waals surface area contributed by atoms with E-state index in [1.165, 1.54) is 6.33 Å². The zero-order chi connectivity index (χ0) is 23.5. The molecule has 0 spiro atoms. The Hall–Kier alpha value is -2.87. The number of benzene rings is 1. The van der Waals surface area contributed by atoms with Crippen LogP contribution >= 0.6 is 11.6 Å². The number of nitrogens with zero attached hydrogens (tertiary/aromatic N) is 4. The van der Waals surface area contributed by atoms with Crippen LogP contribution in [-0.4, -0.2) is 58.7 Å². The second-order valence-corrected chi connectivity index (χ2v) is 9.10. The number of halogens is 1. The molecule has 32 heavy (non-hydrogen) atoms. The molecular formula is C23H29ClN4O4. The molecule has 8 nitrogen and oxygen atoms in total. The second kappa shape index (κ2) is 9.73. The SMILES string of the molecule is CCN(c1cc(-c2cc(Cl)ncn2)cc(OC=O)c1C)C1CCN(C(=O)OC(C)(C)C)C1. The number of carbonyl (C=O) groups is 2. The lowest BCUT2D eigenvalue weighted by Crippen LogP contribution is -2.40. The quantitative estimate of drug-likeness (QED) is 0.464. The molecule has 0 saturated carbocycles. The van der Waals surface area contributed by atoms with Crippen LogP contribution in [0.4, 0.5) is 10.5 Å². The van der Waals surface area contributed by atoms with Crippen molar-refractivity contribution in [3.8, 4) is 17.0 Å². The summed E-state index contributed by atoms with van der Waals surface area (Å²) >= 11 is 6.05. The standard InChI is InChI=1S/C23H29ClN4O4/c1-6-28(17-7-8-27(12-17)22(30)32-23(3,4)5)19-9-16(10-20(15(19)2)31-14-29)18-11-21(24)26-13-25-18/h9-11,13-14,17H,6-8,12H2,1-5H3. The van der Waals surface area contributed by atoms with Gasteiger partial charge in [-0.05, 0) is 53.2 Å². The molecule has 1 aromatic heterocycles. The first-order chi connectivity index (χ1) is 15.1. The molecule has 1 saturated heterocycles. The summed E-state index contributed by atoms with van der Waals surface area (Å²) in [7, 11) is 0. The van der Waals surface area contributed by atoms with E-state index in [9.17, 15) is 9.59 Å². The van der Waals surface area contributed by atoms with Crippen molar-refractivity contribution in [2.45, 2.75) is 52.7 Å². The largest absolute Gasteiger partial charge is 0.444 e. The van der Waals surface area contributed by atoms with Crippen molar-refractivity contribution < 1.29 is 19.1 Å². The highest BCUT2D eigenvalue weighted by molar-refractivity contribution is 6.29. The summed E-state index contributed by atoms with van der Waals surface area (Å²) in [6, 6.07) is 5.53. The van der Waals surface area contributed by atoms with Gasteiger partial charge in [0.25, 0.3) is 6.47 Å². The van der Waals surface area contributed by atoms with Crippen LogP contribution in [0.2, 0.25) is 5.15 Å². The summed E-state index contributed by atoms with van der Waals surface area (Å²) in [5, 5.41) is 0.325. The van der Waals surface area contributed by atoms with Crippen LogP contribution in [0.1, 0.15) is 39.7 Å². The van der Waals surface area contributed by atoms with Crippen molar-refractivity contribution in [1.82, 2.24) is 14.9 Å². The first kappa shape index (κ1) is 23.8. The molecule has 172 valence electrons. The maximum absolute atomic E-state index is 12.5. The highest BCUT2D eigenvalue weighted by Gasteiger charge is 2.33. The number of ether oxygens (including phenoxy) is 2. The van der Waals surface area contributed by atoms with E-state index in [0.717, 1.165) is 23.2 Å². The lowest BCUT2D eigenvalue weighted by atomic mass is 10.0. The zero-order valence-corrected chi connectivity index (χ0v) is 19.8. The van der Waals surface area contributed by atoms with E-state index in [4.69, 9.17) is 21.1 Å². The van der Waals surface area contributed by atoms with Gasteiger partial charge in [-0.25, -0.2) is 14.8 Å². The number of anilines is 1. The maximum Gasteiger partial charge on any atom is 0.410 e. The van der Waals surface area contributed by atoms with Crippen molar-refractivity contribution >= 4 is 29.9 Å². The minimum atomic E-state index is -0.537. The first-order valence-corrected chi connectivity index (χ1v) is 11.0. The molecule has 0 radical (unpaired) electrons. The van der Waals surface area contributed by atoms with E-state index in [-0.39, 0.29) is 12.1 Å². The van der Waals surface area contributed by atoms with Crippen molar-refractivity contribution in [3.05, 3.63) is 35.2 Å². The van der Waals surface area contributed by atoms with Crippen LogP contribution in [0.15, 0.2) is 24.5 Å². The molecular weight excluding hydrogens is 432 g/mol. The van der Waals surface area contributed by atoms with E-state index in [1.807, 2.05) is 33.8 Å². The monoisotopic (exact) mass is 460 g/mol. The van der Waals surface area contributed by atoms with Gasteiger partial charge in [-0.15, -0.1) is 0 Å². The molecule has 2 heterocycles. The second-order valence-electron chi connectivity index (χ2n) is 8.71. The van der Waals surface area contributed by atoms with Gasteiger partial charge in [-0.1, -0.05) is 11.6 Å². The number of carbonyl (C=O) groups excluding carboxylic acids is 2. The minimum absolute atomic E-state index is 0.0968. The summed E-state index contributed by atoms with van der Waals surface area (Å²) in [4.78, 5) is 35.9. The van der Waals surface area contributed by atoms with Gasteiger partial charge in [-0.2, -0.15) is 0 Å². The summed E-state index contributed by atoms with van der Waals surface area (Å²) in [6.07, 6.45) is 1.90. The molecule has 1 amide bonds. The van der Waals surface area contributed by atoms with Crippen molar-refractivity contribution in [3.63, 3.8) is 0 Å². The highest BCUT2D eigenvalue weighted by atomic mass is 35.5. The molecule has 1 aromatic carbocycles. The Kier molecular flexibility index (Phi) is 7.23. The van der Waals surface area contributed by atoms with E-state index >= 15 is 0 Å². The van der Waals surface area contributed by atoms with Gasteiger partial charge in [-0.3, -0.25) is 4.79 Å². The smallest absolute Gasteiger partial charge is 0.410 e. The van der Waals surface area contributed by atoms with Gasteiger partial charge in [0.2, 0.25) is 0 Å². The molecule has 0 N–H and O–H groups in total. The third-order valence-corrected chi connectivity index (χ3v) is 5.55. The van der Waals surface area contributed by atoms with Crippen molar-refractivity contribution in [2.24, 2.45) is 0 Å². The molecule has 1 aliphatic heterocycles. The van der Waals surface area contributed by atoms with Crippen LogP contribution in [0.3, 0.4) is 0 Å². The number of likely N-dealkylation sites (tertiary alicyclic amines) is 1. The summed E-state index contributed by atoms with van der Waals surface area (Å²) in [6.45, 7) is 11.8. The van der Waals surface area contributed by atoms with Crippen LogP contribution < -0.4 is 9.64 Å². The zero-order valence-electron chi connectivity index (χ0n) is 19.1. The van der Waals surface area contributed by atoms with Gasteiger partial charge >= 0.3 is 6.09 Å². The summed E-state index contributed by atoms with van der Waals surface area (Å²) in [5.74, 6) is 0.447. The number of aromatic nitrogens is 2. The third-order valence-electron chi connectivity index (χ3n) is 5.34. The molecule has 1 fully saturated rings. The molecule has 0 bridgehead atoms. The Labute approximate surface area is 193 Å². The predicted molar refractivity (Wildman–Crippen MR) is 123 cm³/mol. The Balaban J connectivity index is 1.94. The van der Waals surface area contributed by atoms with Crippen LogP contribution in [0.25, 0.3) is 11.3 Å². The van der Waals surface area contributed by atoms with Gasteiger partial charge < -0.3 is 19.3 Å². The fourth-order valence-electron chi connectivity index (χ4n) is 3.90. The van der Waals surface area contributed by atoms with E-state index < -0.39 is 5.60 Å². The molecule has 0 aliphatic carbocycles. The van der Waals surface area contributed by atoms with Crippen LogP contribution in [0, 0.1) is 6.92 Å². The van der Waals surface area contributed by atoms with Crippen molar-refractivity contribution in [1.29, 1.82) is 0 Å². The highest BCUT2D eigenvalue weighted by Crippen LogP contribution is 2.37. The van der Waals surface area contributed by atoms with E-state index in [0.29, 0.717) is 42.7 Å². The lowest BCUT2D eigenvalue weighted by molar-refractivity contribution is -0.120. The summed E-state index contributed by atoms with van der Waals surface area (Å²) < 4.78 is 10.8. The molecule has 1 unspecified atom stereocenters. The fourth-order valence-corrected chi connectivity index (χ4v) is 4.05. The number of rotatable bonds is 6. The van der Waals surface area contributed by atoms with E-state index in [1.54, 1.807) is 17.0 Å². The maximum atomic E-state index is 12.5. The van der Waals surface area contributed by atoms with Gasteiger partial charge in [0.15, 0.2) is 0 Å². The van der Waals surface area contributed by atoms with Crippen LogP contribution in [0.5, 0.6) is 5.75 Å². The Bertz CT molecular complexity index is 992. The lowest BCUT2D eigenvalue weighted by Gasteiger charge is -2.32. The number of hydrogen-bond acceptors (Lipinski definition) is 7. The Morgan fingerprint density at radius 3 is 2.69 bits per heavy atom. The molecule has 2 aromatic rings.